The van der Waals surface area contributed by atoms with E-state index in [1.54, 1.807) is 32.9 Å². The summed E-state index contributed by atoms with van der Waals surface area (Å²) in [5.74, 6) is -4.95. The molecule has 6 unspecified atom stereocenters. The SMILES string of the molecule is COc1cccc(O)c1C1C2=CCC3C(=O)N(C(C)(C)C)C(=O)C3C2CC2(Cl)C(=O)N(C)C(=O)C12Cl. The van der Waals surface area contributed by atoms with Gasteiger partial charge in [0.25, 0.3) is 11.8 Å². The van der Waals surface area contributed by atoms with E-state index in [2.05, 4.69) is 0 Å². The van der Waals surface area contributed by atoms with Gasteiger partial charge in [-0.25, -0.2) is 0 Å². The smallest absolute Gasteiger partial charge is 0.253 e. The van der Waals surface area contributed by atoms with E-state index in [0.29, 0.717) is 5.57 Å². The van der Waals surface area contributed by atoms with Gasteiger partial charge >= 0.3 is 0 Å². The highest BCUT2D eigenvalue weighted by Crippen LogP contribution is 2.66. The van der Waals surface area contributed by atoms with Crippen LogP contribution < -0.4 is 4.74 Å². The molecule has 8 nitrogen and oxygen atoms in total. The Morgan fingerprint density at radius 3 is 2.33 bits per heavy atom. The van der Waals surface area contributed by atoms with Gasteiger partial charge in [0.2, 0.25) is 11.8 Å². The number of halogens is 2. The molecule has 5 rings (SSSR count). The van der Waals surface area contributed by atoms with Gasteiger partial charge in [-0.1, -0.05) is 17.7 Å². The fourth-order valence-electron chi connectivity index (χ4n) is 6.72. The molecule has 1 aromatic rings. The number of aromatic hydroxyl groups is 1. The van der Waals surface area contributed by atoms with Gasteiger partial charge in [-0.2, -0.15) is 0 Å². The van der Waals surface area contributed by atoms with Crippen LogP contribution in [0.1, 0.15) is 45.1 Å². The molecule has 2 heterocycles. The standard InChI is InChI=1S/C26H28Cl2N2O6/c1-24(2,3)30-20(32)13-10-9-12-14(17(13)21(30)33)11-25(27)22(34)29(4)23(35)26(25,28)19(12)18-15(31)7-6-8-16(18)36-5/h6-9,13-14,17,19,31H,10-11H2,1-5H3. The molecule has 2 saturated heterocycles. The second-order valence-corrected chi connectivity index (χ2v) is 12.3. The molecule has 4 aliphatic rings. The normalized spacial score (nSPS) is 36.0. The van der Waals surface area contributed by atoms with Crippen LogP contribution >= 0.6 is 23.2 Å². The summed E-state index contributed by atoms with van der Waals surface area (Å²) in [6, 6.07) is 4.66. The molecule has 3 fully saturated rings. The largest absolute Gasteiger partial charge is 0.508 e. The number of fused-ring (bicyclic) bond motifs is 4. The van der Waals surface area contributed by atoms with Crippen molar-refractivity contribution in [1.29, 1.82) is 0 Å². The summed E-state index contributed by atoms with van der Waals surface area (Å²) >= 11 is 14.2. The summed E-state index contributed by atoms with van der Waals surface area (Å²) < 4.78 is 5.53. The summed E-state index contributed by atoms with van der Waals surface area (Å²) in [6.45, 7) is 5.39. The zero-order chi connectivity index (χ0) is 26.5. The number of benzene rings is 1. The lowest BCUT2D eigenvalue weighted by molar-refractivity contribution is -0.146. The Bertz CT molecular complexity index is 1260. The van der Waals surface area contributed by atoms with Crippen molar-refractivity contribution in [1.82, 2.24) is 9.80 Å². The molecular weight excluding hydrogens is 507 g/mol. The van der Waals surface area contributed by atoms with Gasteiger partial charge in [-0.15, -0.1) is 23.2 Å². The van der Waals surface area contributed by atoms with Crippen molar-refractivity contribution in [2.75, 3.05) is 14.2 Å². The molecule has 0 spiro atoms. The van der Waals surface area contributed by atoms with E-state index in [0.717, 1.165) is 4.90 Å². The highest BCUT2D eigenvalue weighted by atomic mass is 35.5. The zero-order valence-electron chi connectivity index (χ0n) is 20.7. The van der Waals surface area contributed by atoms with Crippen molar-refractivity contribution < 1.29 is 29.0 Å². The lowest BCUT2D eigenvalue weighted by Gasteiger charge is -2.51. The Balaban J connectivity index is 1.77. The van der Waals surface area contributed by atoms with E-state index in [1.165, 1.54) is 25.1 Å². The summed E-state index contributed by atoms with van der Waals surface area (Å²) in [5.41, 5.74) is 0.0977. The van der Waals surface area contributed by atoms with Gasteiger partial charge in [0.15, 0.2) is 9.75 Å². The van der Waals surface area contributed by atoms with Crippen LogP contribution in [-0.4, -0.2) is 68.0 Å². The monoisotopic (exact) mass is 534 g/mol. The number of ether oxygens (including phenoxy) is 1. The first-order chi connectivity index (χ1) is 16.7. The van der Waals surface area contributed by atoms with Gasteiger partial charge in [0.1, 0.15) is 11.5 Å². The van der Waals surface area contributed by atoms with Gasteiger partial charge in [0, 0.05) is 24.1 Å². The number of carbonyl (C=O) groups excluding carboxylic acids is 4. The number of rotatable bonds is 2. The Hall–Kier alpha value is -2.58. The molecular formula is C26H28Cl2N2O6. The molecule has 192 valence electrons. The third-order valence-electron chi connectivity index (χ3n) is 8.24. The average molecular weight is 535 g/mol. The molecule has 0 aromatic heterocycles. The predicted octanol–water partition coefficient (Wildman–Crippen LogP) is 3.19. The minimum atomic E-state index is -1.98. The van der Waals surface area contributed by atoms with Crippen LogP contribution in [0.2, 0.25) is 0 Å². The number of alkyl halides is 2. The molecule has 1 aromatic carbocycles. The Labute approximate surface area is 219 Å². The second kappa shape index (κ2) is 7.71. The van der Waals surface area contributed by atoms with E-state index in [-0.39, 0.29) is 41.7 Å². The number of phenols is 1. The van der Waals surface area contributed by atoms with Crippen LogP contribution in [0.15, 0.2) is 29.8 Å². The molecule has 10 heteroatoms. The number of nitrogens with zero attached hydrogens (tertiary/aromatic N) is 2. The number of imide groups is 2. The van der Waals surface area contributed by atoms with Crippen LogP contribution in [-0.2, 0) is 19.2 Å². The minimum absolute atomic E-state index is 0.0939. The molecule has 2 aliphatic heterocycles. The number of hydrogen-bond donors (Lipinski definition) is 1. The summed E-state index contributed by atoms with van der Waals surface area (Å²) in [4.78, 5) is 52.4. The van der Waals surface area contributed by atoms with Crippen molar-refractivity contribution in [3.05, 3.63) is 35.4 Å². The zero-order valence-corrected chi connectivity index (χ0v) is 22.2. The molecule has 6 atom stereocenters. The quantitative estimate of drug-likeness (QED) is 0.355. The van der Waals surface area contributed by atoms with Gasteiger partial charge < -0.3 is 9.84 Å². The summed E-state index contributed by atoms with van der Waals surface area (Å²) in [5, 5.41) is 11.0. The highest BCUT2D eigenvalue weighted by molar-refractivity contribution is 6.53. The second-order valence-electron chi connectivity index (χ2n) is 11.1. The van der Waals surface area contributed by atoms with Crippen LogP contribution in [0.5, 0.6) is 11.5 Å². The van der Waals surface area contributed by atoms with Crippen molar-refractivity contribution in [3.8, 4) is 11.5 Å². The fraction of sp³-hybridized carbons (Fsp3) is 0.538. The predicted molar refractivity (Wildman–Crippen MR) is 132 cm³/mol. The first-order valence-electron chi connectivity index (χ1n) is 11.9. The van der Waals surface area contributed by atoms with Crippen molar-refractivity contribution in [2.45, 2.75) is 54.8 Å². The maximum absolute atomic E-state index is 13.7. The van der Waals surface area contributed by atoms with E-state index in [9.17, 15) is 24.3 Å². The molecule has 1 saturated carbocycles. The lowest BCUT2D eigenvalue weighted by Crippen LogP contribution is -2.60. The first-order valence-corrected chi connectivity index (χ1v) is 12.6. The Kier molecular flexibility index (Phi) is 5.37. The lowest BCUT2D eigenvalue weighted by atomic mass is 9.56. The van der Waals surface area contributed by atoms with Crippen LogP contribution in [0, 0.1) is 17.8 Å². The van der Waals surface area contributed by atoms with Crippen LogP contribution in [0.25, 0.3) is 0 Å². The van der Waals surface area contributed by atoms with Gasteiger partial charge in [-0.05, 0) is 51.7 Å². The number of methoxy groups -OCH3 is 1. The highest BCUT2D eigenvalue weighted by Gasteiger charge is 2.76. The topological polar surface area (TPSA) is 104 Å². The third kappa shape index (κ3) is 2.88. The number of likely N-dealkylation sites (tertiary alicyclic amines) is 2. The van der Waals surface area contributed by atoms with Gasteiger partial charge in [0.05, 0.1) is 18.9 Å². The van der Waals surface area contributed by atoms with Crippen molar-refractivity contribution >= 4 is 46.8 Å². The van der Waals surface area contributed by atoms with Crippen LogP contribution in [0.4, 0.5) is 0 Å². The molecule has 2 aliphatic carbocycles. The third-order valence-corrected chi connectivity index (χ3v) is 9.65. The van der Waals surface area contributed by atoms with Crippen molar-refractivity contribution in [2.24, 2.45) is 17.8 Å². The number of allylic oxidation sites excluding steroid dienone is 2. The number of hydrogen-bond acceptors (Lipinski definition) is 6. The fourth-order valence-corrected chi connectivity index (χ4v) is 7.73. The molecule has 1 N–H and O–H groups in total. The number of amides is 4. The van der Waals surface area contributed by atoms with Crippen molar-refractivity contribution in [3.63, 3.8) is 0 Å². The molecule has 4 amide bonds. The summed E-state index contributed by atoms with van der Waals surface area (Å²) in [6.07, 6.45) is 2.00. The molecule has 0 bridgehead atoms. The minimum Gasteiger partial charge on any atom is -0.508 e. The number of phenolic OH excluding ortho intramolecular Hbond substituents is 1. The van der Waals surface area contributed by atoms with Gasteiger partial charge in [-0.3, -0.25) is 29.0 Å². The maximum atomic E-state index is 13.7. The summed E-state index contributed by atoms with van der Waals surface area (Å²) in [7, 11) is 2.75. The van der Waals surface area contributed by atoms with E-state index in [4.69, 9.17) is 27.9 Å². The average Bonchev–Trinajstić information content (AvgIpc) is 3.14. The van der Waals surface area contributed by atoms with E-state index < -0.39 is 50.8 Å². The van der Waals surface area contributed by atoms with E-state index >= 15 is 0 Å². The van der Waals surface area contributed by atoms with E-state index in [1.807, 2.05) is 6.08 Å². The first kappa shape index (κ1) is 25.1. The maximum Gasteiger partial charge on any atom is 0.253 e. The number of carbonyl (C=O) groups is 4. The molecule has 0 radical (unpaired) electrons. The van der Waals surface area contributed by atoms with Crippen LogP contribution in [0.3, 0.4) is 0 Å². The Morgan fingerprint density at radius 2 is 1.72 bits per heavy atom. The molecule has 36 heavy (non-hydrogen) atoms. The Morgan fingerprint density at radius 1 is 1.06 bits per heavy atom.